The summed E-state index contributed by atoms with van der Waals surface area (Å²) < 4.78 is 11.8. The summed E-state index contributed by atoms with van der Waals surface area (Å²) in [5.41, 5.74) is 2.55. The molecule has 3 fully saturated rings. The Morgan fingerprint density at radius 2 is 1.97 bits per heavy atom. The Morgan fingerprint density at radius 3 is 2.77 bits per heavy atom. The molecule has 0 bridgehead atoms. The second-order valence-corrected chi connectivity index (χ2v) is 8.64. The number of benzene rings is 1. The van der Waals surface area contributed by atoms with E-state index in [0.29, 0.717) is 11.6 Å². The van der Waals surface area contributed by atoms with E-state index in [1.165, 1.54) is 0 Å². The fourth-order valence-corrected chi connectivity index (χ4v) is 5.02. The van der Waals surface area contributed by atoms with Crippen molar-refractivity contribution in [3.05, 3.63) is 36.0 Å². The van der Waals surface area contributed by atoms with Crippen molar-refractivity contribution in [1.82, 2.24) is 14.8 Å². The maximum absolute atomic E-state index is 9.43. The van der Waals surface area contributed by atoms with Crippen LogP contribution in [0.3, 0.4) is 0 Å². The molecule has 0 unspecified atom stereocenters. The summed E-state index contributed by atoms with van der Waals surface area (Å²) in [6, 6.07) is 10.9. The van der Waals surface area contributed by atoms with Gasteiger partial charge in [-0.2, -0.15) is 5.26 Å². The minimum atomic E-state index is 0.169. The average molecular weight is 408 g/mol. The molecule has 0 amide bonds. The van der Waals surface area contributed by atoms with Gasteiger partial charge in [-0.3, -0.25) is 14.8 Å². The first-order valence-corrected chi connectivity index (χ1v) is 10.9. The molecule has 4 heterocycles. The molecule has 5 rings (SSSR count). The van der Waals surface area contributed by atoms with Crippen LogP contribution in [0.25, 0.3) is 10.9 Å². The lowest BCUT2D eigenvalue weighted by molar-refractivity contribution is -0.0704. The summed E-state index contributed by atoms with van der Waals surface area (Å²) in [6.45, 7) is 10.9. The van der Waals surface area contributed by atoms with E-state index in [2.05, 4.69) is 44.8 Å². The van der Waals surface area contributed by atoms with Gasteiger partial charge in [0, 0.05) is 69.1 Å². The van der Waals surface area contributed by atoms with Crippen molar-refractivity contribution in [2.24, 2.45) is 0 Å². The molecule has 0 N–H and O–H groups in total. The van der Waals surface area contributed by atoms with Crippen LogP contribution in [0.1, 0.15) is 12.5 Å². The van der Waals surface area contributed by atoms with E-state index in [1.807, 2.05) is 12.1 Å². The highest BCUT2D eigenvalue weighted by atomic mass is 16.5. The number of rotatable bonds is 4. The molecule has 30 heavy (non-hydrogen) atoms. The zero-order valence-corrected chi connectivity index (χ0v) is 17.5. The lowest BCUT2D eigenvalue weighted by Crippen LogP contribution is -2.63. The third-order valence-electron chi connectivity index (χ3n) is 6.50. The average Bonchev–Trinajstić information content (AvgIpc) is 2.75. The van der Waals surface area contributed by atoms with Crippen LogP contribution in [0, 0.1) is 11.3 Å². The quantitative estimate of drug-likeness (QED) is 0.765. The number of fused-ring (bicyclic) bond motifs is 1. The molecule has 0 aliphatic carbocycles. The summed E-state index contributed by atoms with van der Waals surface area (Å²) in [5.74, 6) is 0. The molecule has 1 aromatic heterocycles. The molecule has 0 saturated carbocycles. The zero-order chi connectivity index (χ0) is 20.5. The third kappa shape index (κ3) is 3.88. The van der Waals surface area contributed by atoms with E-state index < -0.39 is 0 Å². The van der Waals surface area contributed by atoms with E-state index in [9.17, 15) is 5.26 Å². The highest BCUT2D eigenvalue weighted by molar-refractivity contribution is 5.95. The lowest BCUT2D eigenvalue weighted by Gasteiger charge is -2.48. The van der Waals surface area contributed by atoms with Crippen molar-refractivity contribution in [3.8, 4) is 6.07 Å². The first-order chi connectivity index (χ1) is 14.7. The molecule has 158 valence electrons. The number of ether oxygens (including phenoxy) is 2. The summed E-state index contributed by atoms with van der Waals surface area (Å²) in [6.07, 6.45) is 2.11. The summed E-state index contributed by atoms with van der Waals surface area (Å²) in [4.78, 5) is 11.9. The number of hydrogen-bond acceptors (Lipinski definition) is 7. The largest absolute Gasteiger partial charge is 0.379 e. The molecule has 1 aromatic carbocycles. The van der Waals surface area contributed by atoms with Crippen molar-refractivity contribution in [2.75, 3.05) is 63.9 Å². The molecule has 0 spiro atoms. The number of likely N-dealkylation sites (tertiary alicyclic amines) is 1. The Kier molecular flexibility index (Phi) is 5.57. The molecule has 3 aliphatic rings. The Bertz CT molecular complexity index is 933. The number of nitriles is 1. The van der Waals surface area contributed by atoms with Crippen LogP contribution in [0.2, 0.25) is 0 Å². The predicted octanol–water partition coefficient (Wildman–Crippen LogP) is 1.72. The van der Waals surface area contributed by atoms with Crippen LogP contribution in [-0.2, 0) is 9.47 Å². The smallest absolute Gasteiger partial charge is 0.101 e. The number of hydrogen-bond donors (Lipinski definition) is 0. The van der Waals surface area contributed by atoms with Gasteiger partial charge in [0.2, 0.25) is 0 Å². The van der Waals surface area contributed by atoms with Gasteiger partial charge in [0.15, 0.2) is 0 Å². The summed E-state index contributed by atoms with van der Waals surface area (Å²) in [7, 11) is 0. The monoisotopic (exact) mass is 407 g/mol. The van der Waals surface area contributed by atoms with Crippen molar-refractivity contribution in [2.45, 2.75) is 25.2 Å². The standard InChI is InChI=1S/C23H29N5O2/c1-17-12-28(22-5-4-18(11-24)23-21(22)3-2-6-25-23)16-20(30-17)15-26-13-19(14-26)27-7-9-29-10-8-27/h2-6,17,19-20H,7-10,12-16H2,1H3/t17-,20-/m1/s1. The van der Waals surface area contributed by atoms with E-state index in [4.69, 9.17) is 9.47 Å². The molecular weight excluding hydrogens is 378 g/mol. The number of anilines is 1. The van der Waals surface area contributed by atoms with E-state index in [-0.39, 0.29) is 12.2 Å². The van der Waals surface area contributed by atoms with Gasteiger partial charge in [0.05, 0.1) is 36.5 Å². The molecule has 7 heteroatoms. The highest BCUT2D eigenvalue weighted by Crippen LogP contribution is 2.30. The van der Waals surface area contributed by atoms with Gasteiger partial charge in [-0.25, -0.2) is 0 Å². The summed E-state index contributed by atoms with van der Waals surface area (Å²) in [5, 5.41) is 10.5. The number of pyridine rings is 1. The molecule has 3 saturated heterocycles. The Hall–Kier alpha value is -2.24. The number of aromatic nitrogens is 1. The Morgan fingerprint density at radius 1 is 1.13 bits per heavy atom. The van der Waals surface area contributed by atoms with Crippen LogP contribution in [0.5, 0.6) is 0 Å². The van der Waals surface area contributed by atoms with Crippen LogP contribution >= 0.6 is 0 Å². The van der Waals surface area contributed by atoms with Crippen molar-refractivity contribution in [3.63, 3.8) is 0 Å². The van der Waals surface area contributed by atoms with Gasteiger partial charge in [-0.15, -0.1) is 0 Å². The zero-order valence-electron chi connectivity index (χ0n) is 17.5. The van der Waals surface area contributed by atoms with Gasteiger partial charge in [-0.05, 0) is 31.2 Å². The number of morpholine rings is 2. The van der Waals surface area contributed by atoms with Crippen molar-refractivity contribution in [1.29, 1.82) is 5.26 Å². The van der Waals surface area contributed by atoms with E-state index in [0.717, 1.165) is 75.6 Å². The molecule has 0 radical (unpaired) electrons. The molecular formula is C23H29N5O2. The predicted molar refractivity (Wildman–Crippen MR) is 116 cm³/mol. The van der Waals surface area contributed by atoms with Gasteiger partial charge >= 0.3 is 0 Å². The topological polar surface area (TPSA) is 64.9 Å². The van der Waals surface area contributed by atoms with Gasteiger partial charge in [0.1, 0.15) is 6.07 Å². The van der Waals surface area contributed by atoms with Gasteiger partial charge in [-0.1, -0.05) is 0 Å². The first kappa shape index (κ1) is 19.7. The number of nitrogens with zero attached hydrogens (tertiary/aromatic N) is 5. The first-order valence-electron chi connectivity index (χ1n) is 10.9. The fraction of sp³-hybridized carbons (Fsp3) is 0.565. The molecule has 3 aliphatic heterocycles. The van der Waals surface area contributed by atoms with Crippen molar-refractivity contribution < 1.29 is 9.47 Å². The minimum absolute atomic E-state index is 0.169. The lowest BCUT2D eigenvalue weighted by atomic mass is 10.0. The van der Waals surface area contributed by atoms with Gasteiger partial charge < -0.3 is 14.4 Å². The molecule has 2 aromatic rings. The van der Waals surface area contributed by atoms with Gasteiger partial charge in [0.25, 0.3) is 0 Å². The maximum Gasteiger partial charge on any atom is 0.101 e. The molecule has 2 atom stereocenters. The third-order valence-corrected chi connectivity index (χ3v) is 6.50. The SMILES string of the molecule is C[C@@H]1CN(c2ccc(C#N)c3ncccc23)C[C@@H](CN2CC(N3CCOCC3)C2)O1. The van der Waals surface area contributed by atoms with Crippen LogP contribution in [0.4, 0.5) is 5.69 Å². The van der Waals surface area contributed by atoms with E-state index >= 15 is 0 Å². The van der Waals surface area contributed by atoms with Crippen LogP contribution in [-0.4, -0.2) is 92.1 Å². The fourth-order valence-electron chi connectivity index (χ4n) is 5.02. The maximum atomic E-state index is 9.43. The van der Waals surface area contributed by atoms with Crippen molar-refractivity contribution >= 4 is 16.6 Å². The Balaban J connectivity index is 1.26. The second kappa shape index (κ2) is 8.48. The minimum Gasteiger partial charge on any atom is -0.379 e. The Labute approximate surface area is 177 Å². The second-order valence-electron chi connectivity index (χ2n) is 8.64. The highest BCUT2D eigenvalue weighted by Gasteiger charge is 2.35. The summed E-state index contributed by atoms with van der Waals surface area (Å²) >= 11 is 0. The normalized spacial score (nSPS) is 26.5. The molecule has 7 nitrogen and oxygen atoms in total. The van der Waals surface area contributed by atoms with E-state index in [1.54, 1.807) is 6.20 Å². The van der Waals surface area contributed by atoms with Crippen LogP contribution < -0.4 is 4.90 Å². The van der Waals surface area contributed by atoms with Crippen LogP contribution in [0.15, 0.2) is 30.5 Å².